The third-order valence-corrected chi connectivity index (χ3v) is 6.18. The molecule has 0 atom stereocenters. The van der Waals surface area contributed by atoms with Crippen molar-refractivity contribution in [2.24, 2.45) is 0 Å². The molecule has 0 radical (unpaired) electrons. The molecule has 0 bridgehead atoms. The largest absolute Gasteiger partial charge is 0.342 e. The molecule has 0 aliphatic heterocycles. The molecule has 1 N–H and O–H groups in total. The monoisotopic (exact) mass is 512 g/mol. The Bertz CT molecular complexity index is 974. The highest BCUT2D eigenvalue weighted by molar-refractivity contribution is 7.13. The molecule has 0 aliphatic carbocycles. The molecule has 1 heterocycles. The van der Waals surface area contributed by atoms with Crippen LogP contribution < -0.4 is 5.32 Å². The fraction of sp³-hybridized carbons (Fsp3) is 0.478. The number of anilines is 1. The Labute approximate surface area is 209 Å². The summed E-state index contributed by atoms with van der Waals surface area (Å²) in [6, 6.07) is 4.39. The number of hydrogen-bond donors (Lipinski definition) is 1. The SMILES string of the molecule is CCCN(CCC)C(=O)Cc1csc(NC(=O)CN(C(=O)c2ccc(Cl)cc2Cl)C(C)C)n1. The third-order valence-electron chi connectivity index (χ3n) is 4.83. The quantitative estimate of drug-likeness (QED) is 0.452. The van der Waals surface area contributed by atoms with E-state index in [0.717, 1.165) is 25.9 Å². The maximum Gasteiger partial charge on any atom is 0.256 e. The normalized spacial score (nSPS) is 10.9. The predicted octanol–water partition coefficient (Wildman–Crippen LogP) is 5.13. The van der Waals surface area contributed by atoms with Crippen LogP contribution in [0, 0.1) is 0 Å². The number of carbonyl (C=O) groups is 3. The lowest BCUT2D eigenvalue weighted by molar-refractivity contribution is -0.130. The van der Waals surface area contributed by atoms with Crippen LogP contribution in [0.4, 0.5) is 5.13 Å². The number of hydrogen-bond acceptors (Lipinski definition) is 5. The summed E-state index contributed by atoms with van der Waals surface area (Å²) < 4.78 is 0. The molecule has 0 aliphatic rings. The molecule has 0 unspecified atom stereocenters. The number of aromatic nitrogens is 1. The zero-order valence-electron chi connectivity index (χ0n) is 19.4. The molecule has 0 saturated carbocycles. The number of rotatable bonds is 11. The van der Waals surface area contributed by atoms with Crippen molar-refractivity contribution in [1.29, 1.82) is 0 Å². The molecule has 10 heteroatoms. The molecule has 3 amide bonds. The van der Waals surface area contributed by atoms with Crippen molar-refractivity contribution >= 4 is 57.4 Å². The van der Waals surface area contributed by atoms with Gasteiger partial charge < -0.3 is 15.1 Å². The van der Waals surface area contributed by atoms with Crippen molar-refractivity contribution in [2.45, 2.75) is 53.0 Å². The summed E-state index contributed by atoms with van der Waals surface area (Å²) in [7, 11) is 0. The van der Waals surface area contributed by atoms with Crippen molar-refractivity contribution in [3.8, 4) is 0 Å². The van der Waals surface area contributed by atoms with E-state index in [2.05, 4.69) is 10.3 Å². The van der Waals surface area contributed by atoms with Gasteiger partial charge in [0.05, 0.1) is 22.7 Å². The van der Waals surface area contributed by atoms with E-state index in [1.54, 1.807) is 17.5 Å². The number of carbonyl (C=O) groups excluding carboxylic acids is 3. The predicted molar refractivity (Wildman–Crippen MR) is 134 cm³/mol. The Morgan fingerprint density at radius 2 is 1.79 bits per heavy atom. The number of amides is 3. The Morgan fingerprint density at radius 3 is 2.36 bits per heavy atom. The first-order valence-corrected chi connectivity index (χ1v) is 12.6. The maximum absolute atomic E-state index is 13.0. The van der Waals surface area contributed by atoms with Gasteiger partial charge in [-0.2, -0.15) is 0 Å². The van der Waals surface area contributed by atoms with Gasteiger partial charge in [-0.3, -0.25) is 14.4 Å². The lowest BCUT2D eigenvalue weighted by atomic mass is 10.1. The number of halogens is 2. The summed E-state index contributed by atoms with van der Waals surface area (Å²) >= 11 is 13.3. The van der Waals surface area contributed by atoms with Gasteiger partial charge in [-0.25, -0.2) is 4.98 Å². The standard InChI is InChI=1S/C23H30Cl2N4O3S/c1-5-9-28(10-6-2)21(31)12-17-14-33-23(26-17)27-20(30)13-29(15(3)4)22(32)18-8-7-16(24)11-19(18)25/h7-8,11,14-15H,5-6,9-10,12-13H2,1-4H3,(H,26,27,30). The third kappa shape index (κ3) is 7.98. The number of benzene rings is 1. The number of nitrogens with zero attached hydrogens (tertiary/aromatic N) is 3. The van der Waals surface area contributed by atoms with Crippen LogP contribution in [0.2, 0.25) is 10.0 Å². The number of thiazole rings is 1. The fourth-order valence-electron chi connectivity index (χ4n) is 3.23. The molecular weight excluding hydrogens is 483 g/mol. The Hall–Kier alpha value is -2.16. The molecule has 7 nitrogen and oxygen atoms in total. The van der Waals surface area contributed by atoms with E-state index in [0.29, 0.717) is 15.8 Å². The van der Waals surface area contributed by atoms with E-state index in [4.69, 9.17) is 23.2 Å². The Balaban J connectivity index is 2.02. The molecule has 1 aromatic heterocycles. The second kappa shape index (κ2) is 12.9. The topological polar surface area (TPSA) is 82.6 Å². The van der Waals surface area contributed by atoms with Gasteiger partial charge in [0.2, 0.25) is 11.8 Å². The highest BCUT2D eigenvalue weighted by Crippen LogP contribution is 2.23. The molecule has 33 heavy (non-hydrogen) atoms. The minimum Gasteiger partial charge on any atom is -0.342 e. The van der Waals surface area contributed by atoms with E-state index in [-0.39, 0.29) is 47.3 Å². The van der Waals surface area contributed by atoms with Crippen LogP contribution in [-0.2, 0) is 16.0 Å². The van der Waals surface area contributed by atoms with Crippen molar-refractivity contribution in [2.75, 3.05) is 25.0 Å². The molecule has 0 spiro atoms. The highest BCUT2D eigenvalue weighted by atomic mass is 35.5. The van der Waals surface area contributed by atoms with Crippen molar-refractivity contribution in [3.63, 3.8) is 0 Å². The van der Waals surface area contributed by atoms with E-state index in [9.17, 15) is 14.4 Å². The van der Waals surface area contributed by atoms with Gasteiger partial charge in [-0.15, -0.1) is 11.3 Å². The summed E-state index contributed by atoms with van der Waals surface area (Å²) in [5.41, 5.74) is 0.892. The first-order valence-electron chi connectivity index (χ1n) is 10.9. The first-order chi connectivity index (χ1) is 15.7. The van der Waals surface area contributed by atoms with E-state index >= 15 is 0 Å². The van der Waals surface area contributed by atoms with Gasteiger partial charge in [0, 0.05) is 29.5 Å². The van der Waals surface area contributed by atoms with E-state index < -0.39 is 0 Å². The molecule has 2 rings (SSSR count). The highest BCUT2D eigenvalue weighted by Gasteiger charge is 2.24. The lowest BCUT2D eigenvalue weighted by Gasteiger charge is -2.26. The molecular formula is C23H30Cl2N4O3S. The van der Waals surface area contributed by atoms with Crippen LogP contribution in [0.3, 0.4) is 0 Å². The van der Waals surface area contributed by atoms with Crippen LogP contribution in [0.25, 0.3) is 0 Å². The fourth-order valence-corrected chi connectivity index (χ4v) is 4.45. The van der Waals surface area contributed by atoms with Crippen molar-refractivity contribution in [1.82, 2.24) is 14.8 Å². The Morgan fingerprint density at radius 1 is 1.12 bits per heavy atom. The Kier molecular flexibility index (Phi) is 10.6. The van der Waals surface area contributed by atoms with Crippen LogP contribution in [0.5, 0.6) is 0 Å². The van der Waals surface area contributed by atoms with Gasteiger partial charge in [-0.05, 0) is 44.9 Å². The van der Waals surface area contributed by atoms with Gasteiger partial charge in [0.1, 0.15) is 6.54 Å². The summed E-state index contributed by atoms with van der Waals surface area (Å²) in [6.45, 7) is 9.00. The second-order valence-electron chi connectivity index (χ2n) is 7.90. The van der Waals surface area contributed by atoms with E-state index in [1.807, 2.05) is 32.6 Å². The first kappa shape index (κ1) is 27.1. The summed E-state index contributed by atoms with van der Waals surface area (Å²) in [4.78, 5) is 45.8. The zero-order chi connectivity index (χ0) is 24.5. The van der Waals surface area contributed by atoms with Gasteiger partial charge in [-0.1, -0.05) is 37.0 Å². The summed E-state index contributed by atoms with van der Waals surface area (Å²) in [6.07, 6.45) is 1.99. The minimum atomic E-state index is -0.382. The van der Waals surface area contributed by atoms with Gasteiger partial charge >= 0.3 is 0 Å². The van der Waals surface area contributed by atoms with Crippen molar-refractivity contribution < 1.29 is 14.4 Å². The molecule has 1 aromatic carbocycles. The average Bonchev–Trinajstić information content (AvgIpc) is 3.17. The average molecular weight is 513 g/mol. The second-order valence-corrected chi connectivity index (χ2v) is 9.60. The summed E-state index contributed by atoms with van der Waals surface area (Å²) in [5, 5.41) is 5.54. The molecule has 180 valence electrons. The zero-order valence-corrected chi connectivity index (χ0v) is 21.7. The lowest BCUT2D eigenvalue weighted by Crippen LogP contribution is -2.42. The molecule has 0 fully saturated rings. The maximum atomic E-state index is 13.0. The van der Waals surface area contributed by atoms with E-state index in [1.165, 1.54) is 22.3 Å². The van der Waals surface area contributed by atoms with Crippen LogP contribution in [-0.4, -0.2) is 58.2 Å². The summed E-state index contributed by atoms with van der Waals surface area (Å²) in [5.74, 6) is -0.717. The van der Waals surface area contributed by atoms with Gasteiger partial charge in [0.25, 0.3) is 5.91 Å². The van der Waals surface area contributed by atoms with Crippen LogP contribution in [0.15, 0.2) is 23.6 Å². The van der Waals surface area contributed by atoms with Crippen LogP contribution >= 0.6 is 34.5 Å². The smallest absolute Gasteiger partial charge is 0.256 e. The number of nitrogens with one attached hydrogen (secondary N) is 1. The minimum absolute atomic E-state index is 0.0262. The van der Waals surface area contributed by atoms with Crippen LogP contribution in [0.1, 0.15) is 56.6 Å². The molecule has 0 saturated heterocycles. The van der Waals surface area contributed by atoms with Crippen molar-refractivity contribution in [3.05, 3.63) is 44.9 Å². The molecule has 2 aromatic rings. The van der Waals surface area contributed by atoms with Gasteiger partial charge in [0.15, 0.2) is 5.13 Å².